The molecule has 4 aromatic rings. The van der Waals surface area contributed by atoms with E-state index < -0.39 is 0 Å². The highest BCUT2D eigenvalue weighted by atomic mass is 19.1. The second kappa shape index (κ2) is 6.71. The number of aryl methyl sites for hydroxylation is 1. The Bertz CT molecular complexity index is 1030. The Kier molecular flexibility index (Phi) is 4.24. The summed E-state index contributed by atoms with van der Waals surface area (Å²) >= 11 is 0. The van der Waals surface area contributed by atoms with Crippen molar-refractivity contribution < 1.29 is 13.9 Å². The van der Waals surface area contributed by atoms with Crippen molar-refractivity contribution in [1.29, 1.82) is 0 Å². The molecule has 0 radical (unpaired) electrons. The zero-order valence-electron chi connectivity index (χ0n) is 14.8. The number of aromatic nitrogens is 3. The minimum Gasteiger partial charge on any atom is -0.493 e. The summed E-state index contributed by atoms with van der Waals surface area (Å²) in [6, 6.07) is 9.92. The van der Waals surface area contributed by atoms with Gasteiger partial charge in [0.25, 0.3) is 0 Å². The molecule has 0 bridgehead atoms. The second-order valence-electron chi connectivity index (χ2n) is 6.13. The molecule has 3 aromatic heterocycles. The number of benzene rings is 1. The third-order valence-electron chi connectivity index (χ3n) is 4.60. The van der Waals surface area contributed by atoms with Crippen LogP contribution < -0.4 is 9.47 Å². The van der Waals surface area contributed by atoms with Gasteiger partial charge in [0.1, 0.15) is 5.65 Å². The number of fused-ring (bicyclic) bond motifs is 2. The van der Waals surface area contributed by atoms with Crippen molar-refractivity contribution in [3.05, 3.63) is 42.7 Å². The molecule has 1 N–H and O–H groups in total. The van der Waals surface area contributed by atoms with E-state index in [4.69, 9.17) is 9.47 Å². The molecule has 1 aromatic carbocycles. The van der Waals surface area contributed by atoms with Crippen LogP contribution in [0.5, 0.6) is 11.5 Å². The number of halogens is 1. The topological polar surface area (TPSA) is 52.1 Å². The standard InChI is InChI=1S/C20H20FN3O2/c1-25-18-10-14-15(16-9-13-5-3-7-22-20(13)23-16)12-24(8-4-6-21)17(14)11-19(18)26-2/h3,5,7,9-12H,4,6,8H2,1-2H3,(H,22,23). The molecule has 0 amide bonds. The molecule has 6 heteroatoms. The molecule has 0 aliphatic carbocycles. The number of nitrogens with zero attached hydrogens (tertiary/aromatic N) is 2. The van der Waals surface area contributed by atoms with Gasteiger partial charge in [0, 0.05) is 47.0 Å². The average molecular weight is 353 g/mol. The molecule has 5 nitrogen and oxygen atoms in total. The van der Waals surface area contributed by atoms with Gasteiger partial charge >= 0.3 is 0 Å². The molecule has 0 fully saturated rings. The van der Waals surface area contributed by atoms with Crippen molar-refractivity contribution in [2.75, 3.05) is 20.9 Å². The van der Waals surface area contributed by atoms with Gasteiger partial charge in [0.2, 0.25) is 0 Å². The minimum atomic E-state index is -0.349. The molecule has 26 heavy (non-hydrogen) atoms. The van der Waals surface area contributed by atoms with Crippen LogP contribution in [0, 0.1) is 0 Å². The van der Waals surface area contributed by atoms with Crippen LogP contribution in [0.25, 0.3) is 33.2 Å². The summed E-state index contributed by atoms with van der Waals surface area (Å²) < 4.78 is 25.7. The number of alkyl halides is 1. The van der Waals surface area contributed by atoms with E-state index in [-0.39, 0.29) is 6.67 Å². The Morgan fingerprint density at radius 1 is 1.15 bits per heavy atom. The maximum absolute atomic E-state index is 12.7. The first-order valence-corrected chi connectivity index (χ1v) is 8.50. The van der Waals surface area contributed by atoms with Crippen molar-refractivity contribution in [3.63, 3.8) is 0 Å². The summed E-state index contributed by atoms with van der Waals surface area (Å²) in [5.41, 5.74) is 3.82. The van der Waals surface area contributed by atoms with Crippen LogP contribution in [0.2, 0.25) is 0 Å². The molecule has 0 atom stereocenters. The number of methoxy groups -OCH3 is 2. The van der Waals surface area contributed by atoms with E-state index in [2.05, 4.69) is 20.6 Å². The van der Waals surface area contributed by atoms with E-state index in [9.17, 15) is 4.39 Å². The van der Waals surface area contributed by atoms with E-state index in [1.807, 2.05) is 30.5 Å². The Morgan fingerprint density at radius 3 is 2.69 bits per heavy atom. The molecule has 0 aliphatic rings. The van der Waals surface area contributed by atoms with Crippen molar-refractivity contribution >= 4 is 21.9 Å². The normalized spacial score (nSPS) is 11.3. The quantitative estimate of drug-likeness (QED) is 0.553. The number of hydrogen-bond donors (Lipinski definition) is 1. The number of hydrogen-bond acceptors (Lipinski definition) is 3. The maximum Gasteiger partial charge on any atom is 0.162 e. The fourth-order valence-corrected chi connectivity index (χ4v) is 3.35. The Morgan fingerprint density at radius 2 is 1.96 bits per heavy atom. The van der Waals surface area contributed by atoms with Crippen molar-refractivity contribution in [2.24, 2.45) is 0 Å². The van der Waals surface area contributed by atoms with Crippen molar-refractivity contribution in [1.82, 2.24) is 14.5 Å². The van der Waals surface area contributed by atoms with Gasteiger partial charge < -0.3 is 19.0 Å². The summed E-state index contributed by atoms with van der Waals surface area (Å²) in [7, 11) is 3.24. The van der Waals surface area contributed by atoms with Gasteiger partial charge in [-0.25, -0.2) is 4.98 Å². The summed E-state index contributed by atoms with van der Waals surface area (Å²) in [4.78, 5) is 7.74. The summed E-state index contributed by atoms with van der Waals surface area (Å²) in [6.07, 6.45) is 4.27. The first kappa shape index (κ1) is 16.4. The van der Waals surface area contributed by atoms with Gasteiger partial charge in [-0.1, -0.05) is 0 Å². The predicted molar refractivity (Wildman–Crippen MR) is 101 cm³/mol. The SMILES string of the molecule is COc1cc2c(-c3cc4cccnc4[nH]3)cn(CCCF)c2cc1OC. The fourth-order valence-electron chi connectivity index (χ4n) is 3.35. The predicted octanol–water partition coefficient (Wildman–Crippen LogP) is 4.56. The monoisotopic (exact) mass is 353 g/mol. The molecular formula is C20H20FN3O2. The van der Waals surface area contributed by atoms with Crippen LogP contribution in [0.15, 0.2) is 42.7 Å². The lowest BCUT2D eigenvalue weighted by Crippen LogP contribution is -1.97. The molecule has 3 heterocycles. The molecular weight excluding hydrogens is 333 g/mol. The average Bonchev–Trinajstić information content (AvgIpc) is 3.25. The highest BCUT2D eigenvalue weighted by molar-refractivity contribution is 5.99. The van der Waals surface area contributed by atoms with E-state index in [0.29, 0.717) is 24.5 Å². The number of nitrogens with one attached hydrogen (secondary N) is 1. The maximum atomic E-state index is 12.7. The van der Waals surface area contributed by atoms with Crippen molar-refractivity contribution in [2.45, 2.75) is 13.0 Å². The highest BCUT2D eigenvalue weighted by Crippen LogP contribution is 2.38. The minimum absolute atomic E-state index is 0.349. The summed E-state index contributed by atoms with van der Waals surface area (Å²) in [5.74, 6) is 1.32. The van der Waals surface area contributed by atoms with Crippen LogP contribution in [0.4, 0.5) is 4.39 Å². The molecule has 134 valence electrons. The van der Waals surface area contributed by atoms with Gasteiger partial charge in [0.15, 0.2) is 11.5 Å². The summed E-state index contributed by atoms with van der Waals surface area (Å²) in [6.45, 7) is 0.250. The van der Waals surface area contributed by atoms with Gasteiger partial charge in [-0.2, -0.15) is 0 Å². The lowest BCUT2D eigenvalue weighted by Gasteiger charge is -2.09. The third kappa shape index (κ3) is 2.67. The lowest BCUT2D eigenvalue weighted by atomic mass is 10.1. The smallest absolute Gasteiger partial charge is 0.162 e. The van der Waals surface area contributed by atoms with Crippen LogP contribution >= 0.6 is 0 Å². The molecule has 0 spiro atoms. The highest BCUT2D eigenvalue weighted by Gasteiger charge is 2.16. The van der Waals surface area contributed by atoms with E-state index in [1.54, 1.807) is 20.4 Å². The van der Waals surface area contributed by atoms with Gasteiger partial charge in [-0.15, -0.1) is 0 Å². The van der Waals surface area contributed by atoms with Gasteiger partial charge in [-0.05, 0) is 30.7 Å². The molecule has 0 unspecified atom stereocenters. The van der Waals surface area contributed by atoms with Crippen LogP contribution in [0.3, 0.4) is 0 Å². The van der Waals surface area contributed by atoms with Crippen LogP contribution in [-0.2, 0) is 6.54 Å². The first-order valence-electron chi connectivity index (χ1n) is 8.50. The molecule has 0 saturated heterocycles. The molecule has 0 saturated carbocycles. The summed E-state index contributed by atoms with van der Waals surface area (Å²) in [5, 5.41) is 2.07. The van der Waals surface area contributed by atoms with Gasteiger partial charge in [-0.3, -0.25) is 4.39 Å². The fraction of sp³-hybridized carbons (Fsp3) is 0.250. The third-order valence-corrected chi connectivity index (χ3v) is 4.60. The van der Waals surface area contributed by atoms with Crippen molar-refractivity contribution in [3.8, 4) is 22.8 Å². The largest absolute Gasteiger partial charge is 0.493 e. The Hall–Kier alpha value is -3.02. The molecule has 0 aliphatic heterocycles. The van der Waals surface area contributed by atoms with E-state index in [1.165, 1.54) is 0 Å². The lowest BCUT2D eigenvalue weighted by molar-refractivity contribution is 0.355. The van der Waals surface area contributed by atoms with Crippen LogP contribution in [0.1, 0.15) is 6.42 Å². The number of H-pyrrole nitrogens is 1. The number of aromatic amines is 1. The number of pyridine rings is 1. The Balaban J connectivity index is 1.95. The second-order valence-corrected chi connectivity index (χ2v) is 6.13. The van der Waals surface area contributed by atoms with E-state index in [0.717, 1.165) is 33.2 Å². The van der Waals surface area contributed by atoms with E-state index >= 15 is 0 Å². The zero-order valence-corrected chi connectivity index (χ0v) is 14.8. The van der Waals surface area contributed by atoms with Gasteiger partial charge in [0.05, 0.1) is 26.4 Å². The van der Waals surface area contributed by atoms with Crippen LogP contribution in [-0.4, -0.2) is 35.4 Å². The first-order chi connectivity index (χ1) is 12.7. The Labute approximate surface area is 150 Å². The number of ether oxygens (including phenoxy) is 2. The molecule has 4 rings (SSSR count). The zero-order chi connectivity index (χ0) is 18.1. The number of rotatable bonds is 6.